The second kappa shape index (κ2) is 8.75. The second-order valence-electron chi connectivity index (χ2n) is 3.90. The third-order valence-electron chi connectivity index (χ3n) is 2.31. The average Bonchev–Trinajstić information content (AvgIpc) is 2.45. The average molecular weight is 336 g/mol. The zero-order chi connectivity index (χ0) is 16.6. The maximum absolute atomic E-state index is 11.6. The number of hydrogen-bond acceptors (Lipinski definition) is 9. The van der Waals surface area contributed by atoms with Crippen molar-refractivity contribution in [3.63, 3.8) is 0 Å². The van der Waals surface area contributed by atoms with E-state index in [1.54, 1.807) is 0 Å². The lowest BCUT2D eigenvalue weighted by molar-refractivity contribution is -0.493. The van der Waals surface area contributed by atoms with Crippen LogP contribution >= 0.6 is 0 Å². The number of benzene rings is 1. The van der Waals surface area contributed by atoms with Crippen LogP contribution in [0.2, 0.25) is 0 Å². The zero-order valence-electron chi connectivity index (χ0n) is 11.4. The van der Waals surface area contributed by atoms with E-state index in [4.69, 9.17) is 25.0 Å². The van der Waals surface area contributed by atoms with E-state index < -0.39 is 21.4 Å². The van der Waals surface area contributed by atoms with E-state index in [2.05, 4.69) is 4.84 Å². The predicted octanol–water partition coefficient (Wildman–Crippen LogP) is -0.481. The molecular weight excluding hydrogens is 320 g/mol. The minimum atomic E-state index is -3.80. The van der Waals surface area contributed by atoms with Crippen LogP contribution in [0.4, 0.5) is 0 Å². The van der Waals surface area contributed by atoms with E-state index in [1.807, 2.05) is 0 Å². The molecule has 124 valence electrons. The Balaban J connectivity index is 2.28. The summed E-state index contributed by atoms with van der Waals surface area (Å²) >= 11 is 0. The summed E-state index contributed by atoms with van der Waals surface area (Å²) in [6.45, 7) is 0.0349. The largest absolute Gasteiger partial charge is 0.460 e. The quantitative estimate of drug-likeness (QED) is 0.309. The Bertz CT molecular complexity index is 572. The number of rotatable bonds is 9. The summed E-state index contributed by atoms with van der Waals surface area (Å²) in [5.41, 5.74) is 0.173. The van der Waals surface area contributed by atoms with Gasteiger partial charge in [0.25, 0.3) is 0 Å². The van der Waals surface area contributed by atoms with Crippen molar-refractivity contribution in [2.24, 2.45) is 5.14 Å². The number of carbonyl (C=O) groups is 1. The Morgan fingerprint density at radius 1 is 1.09 bits per heavy atom. The molecule has 1 aromatic rings. The van der Waals surface area contributed by atoms with E-state index in [-0.39, 0.29) is 36.9 Å². The molecule has 0 heterocycles. The lowest BCUT2D eigenvalue weighted by atomic mass is 10.2. The molecule has 0 amide bonds. The third-order valence-corrected chi connectivity index (χ3v) is 3.24. The highest BCUT2D eigenvalue weighted by Crippen LogP contribution is 2.09. The molecule has 11 heteroatoms. The van der Waals surface area contributed by atoms with Crippen LogP contribution in [0.3, 0.4) is 0 Å². The molecule has 0 aromatic heterocycles. The molecule has 0 aliphatic rings. The Morgan fingerprint density at radius 3 is 2.23 bits per heavy atom. The van der Waals surface area contributed by atoms with Gasteiger partial charge in [0, 0.05) is 0 Å². The first-order valence-electron chi connectivity index (χ1n) is 5.99. The van der Waals surface area contributed by atoms with Crippen molar-refractivity contribution in [2.75, 3.05) is 26.4 Å². The molecule has 0 aliphatic heterocycles. The van der Waals surface area contributed by atoms with Gasteiger partial charge in [0.15, 0.2) is 0 Å². The maximum Gasteiger partial charge on any atom is 0.338 e. The summed E-state index contributed by atoms with van der Waals surface area (Å²) in [7, 11) is -3.80. The number of carbonyl (C=O) groups excluding carboxylic acids is 1. The minimum absolute atomic E-state index is 0.0300. The van der Waals surface area contributed by atoms with Gasteiger partial charge in [-0.3, -0.25) is 10.4 Å². The lowest BCUT2D eigenvalue weighted by Gasteiger charge is -2.08. The van der Waals surface area contributed by atoms with Gasteiger partial charge in [-0.05, 0) is 24.3 Å². The fourth-order valence-corrected chi connectivity index (χ4v) is 1.85. The van der Waals surface area contributed by atoms with Crippen molar-refractivity contribution in [3.8, 4) is 0 Å². The Labute approximate surface area is 126 Å². The summed E-state index contributed by atoms with van der Waals surface area (Å²) in [6.07, 6.45) is 0. The molecule has 10 nitrogen and oxygen atoms in total. The second-order valence-corrected chi connectivity index (χ2v) is 5.47. The van der Waals surface area contributed by atoms with Crippen LogP contribution in [0.5, 0.6) is 0 Å². The van der Waals surface area contributed by atoms with Gasteiger partial charge in [-0.15, -0.1) is 0 Å². The number of ether oxygens (including phenoxy) is 2. The maximum atomic E-state index is 11.6. The molecule has 0 aliphatic carbocycles. The van der Waals surface area contributed by atoms with E-state index in [0.717, 1.165) is 0 Å². The molecule has 0 unspecified atom stereocenters. The topological polar surface area (TPSA) is 149 Å². The number of nitrogens with zero attached hydrogens (tertiary/aromatic N) is 1. The van der Waals surface area contributed by atoms with Crippen molar-refractivity contribution in [1.29, 1.82) is 0 Å². The lowest BCUT2D eigenvalue weighted by Crippen LogP contribution is -2.19. The Hall–Kier alpha value is -1.60. The summed E-state index contributed by atoms with van der Waals surface area (Å²) < 4.78 is 32.0. The van der Waals surface area contributed by atoms with Crippen LogP contribution in [0, 0.1) is 0 Å². The molecule has 0 saturated heterocycles. The van der Waals surface area contributed by atoms with Crippen LogP contribution in [-0.4, -0.2) is 56.6 Å². The van der Waals surface area contributed by atoms with Crippen molar-refractivity contribution in [3.05, 3.63) is 29.8 Å². The first kappa shape index (κ1) is 18.4. The first-order chi connectivity index (χ1) is 10.3. The summed E-state index contributed by atoms with van der Waals surface area (Å²) in [5, 5.41) is 20.9. The highest BCUT2D eigenvalue weighted by molar-refractivity contribution is 7.89. The molecule has 0 fully saturated rings. The van der Waals surface area contributed by atoms with Crippen molar-refractivity contribution in [1.82, 2.24) is 5.39 Å². The van der Waals surface area contributed by atoms with E-state index >= 15 is 0 Å². The summed E-state index contributed by atoms with van der Waals surface area (Å²) in [4.78, 5) is 15.8. The highest BCUT2D eigenvalue weighted by Gasteiger charge is 2.11. The van der Waals surface area contributed by atoms with E-state index in [1.165, 1.54) is 24.3 Å². The van der Waals surface area contributed by atoms with Gasteiger partial charge < -0.3 is 9.47 Å². The smallest absolute Gasteiger partial charge is 0.338 e. The molecule has 0 radical (unpaired) electrons. The Kier molecular flexibility index (Phi) is 7.34. The molecule has 22 heavy (non-hydrogen) atoms. The monoisotopic (exact) mass is 336 g/mol. The van der Waals surface area contributed by atoms with Gasteiger partial charge in [-0.1, -0.05) is 0 Å². The number of hydrogen-bond donors (Lipinski definition) is 3. The van der Waals surface area contributed by atoms with Crippen LogP contribution in [0.1, 0.15) is 10.4 Å². The molecule has 0 atom stereocenters. The van der Waals surface area contributed by atoms with Gasteiger partial charge in [-0.25, -0.2) is 23.2 Å². The van der Waals surface area contributed by atoms with E-state index in [9.17, 15) is 13.2 Å². The van der Waals surface area contributed by atoms with Gasteiger partial charge >= 0.3 is 5.97 Å². The molecular formula is C11H16N2O8S. The van der Waals surface area contributed by atoms with Gasteiger partial charge in [0.2, 0.25) is 10.0 Å². The van der Waals surface area contributed by atoms with Crippen LogP contribution in [0.25, 0.3) is 0 Å². The first-order valence-corrected chi connectivity index (χ1v) is 7.54. The SMILES string of the molecule is NS(=O)(=O)c1ccc(C(=O)OCCOCCON(O)O)cc1. The molecule has 1 rings (SSSR count). The standard InChI is InChI=1S/C11H16N2O8S/c12-22(17,18)10-3-1-9(2-4-10)11(14)20-7-5-19-6-8-21-13(15)16/h1-4,15-16H,5-8H2,(H2,12,17,18). The number of esters is 1. The minimum Gasteiger partial charge on any atom is -0.460 e. The normalized spacial score (nSPS) is 11.6. The summed E-state index contributed by atoms with van der Waals surface area (Å²) in [6, 6.07) is 4.98. The molecule has 4 N–H and O–H groups in total. The van der Waals surface area contributed by atoms with Gasteiger partial charge in [-0.2, -0.15) is 0 Å². The van der Waals surface area contributed by atoms with Gasteiger partial charge in [0.05, 0.1) is 35.7 Å². The molecule has 0 bridgehead atoms. The van der Waals surface area contributed by atoms with Gasteiger partial charge in [0.1, 0.15) is 6.61 Å². The van der Waals surface area contributed by atoms with Crippen LogP contribution < -0.4 is 5.14 Å². The number of nitrogens with two attached hydrogens (primary N) is 1. The summed E-state index contributed by atoms with van der Waals surface area (Å²) in [5.74, 6) is -0.641. The van der Waals surface area contributed by atoms with Crippen LogP contribution in [-0.2, 0) is 24.3 Å². The fourth-order valence-electron chi connectivity index (χ4n) is 1.34. The van der Waals surface area contributed by atoms with Crippen molar-refractivity contribution >= 4 is 16.0 Å². The fraction of sp³-hybridized carbons (Fsp3) is 0.364. The predicted molar refractivity (Wildman–Crippen MR) is 70.3 cm³/mol. The third kappa shape index (κ3) is 6.91. The van der Waals surface area contributed by atoms with Crippen molar-refractivity contribution in [2.45, 2.75) is 4.90 Å². The zero-order valence-corrected chi connectivity index (χ0v) is 12.2. The Morgan fingerprint density at radius 2 is 1.68 bits per heavy atom. The van der Waals surface area contributed by atoms with Crippen molar-refractivity contribution < 1.29 is 37.9 Å². The molecule has 0 spiro atoms. The highest BCUT2D eigenvalue weighted by atomic mass is 32.2. The van der Waals surface area contributed by atoms with E-state index in [0.29, 0.717) is 0 Å². The number of primary sulfonamides is 1. The van der Waals surface area contributed by atoms with Crippen LogP contribution in [0.15, 0.2) is 29.2 Å². The molecule has 1 aromatic carbocycles. The number of sulfonamides is 1. The molecule has 0 saturated carbocycles.